The van der Waals surface area contributed by atoms with E-state index in [9.17, 15) is 13.2 Å². The Bertz CT molecular complexity index is 1310. The van der Waals surface area contributed by atoms with Crippen molar-refractivity contribution in [2.45, 2.75) is 18.4 Å². The second kappa shape index (κ2) is 9.56. The summed E-state index contributed by atoms with van der Waals surface area (Å²) in [6.07, 6.45) is 0. The summed E-state index contributed by atoms with van der Waals surface area (Å²) < 4.78 is 29.5. The van der Waals surface area contributed by atoms with E-state index in [1.807, 2.05) is 38.2 Å². The summed E-state index contributed by atoms with van der Waals surface area (Å²) in [5.41, 5.74) is 2.35. The first kappa shape index (κ1) is 23.3. The molecule has 4 rings (SSSR count). The maximum Gasteiger partial charge on any atom is 0.244 e. The van der Waals surface area contributed by atoms with E-state index in [0.717, 1.165) is 11.1 Å². The Hall–Kier alpha value is -2.86. The maximum atomic E-state index is 13.0. The quantitative estimate of drug-likeness (QED) is 0.519. The Morgan fingerprint density at radius 2 is 1.82 bits per heavy atom. The number of nitrogens with zero attached hydrogens (tertiary/aromatic N) is 4. The minimum Gasteiger partial charge on any atom is -0.324 e. The zero-order valence-electron chi connectivity index (χ0n) is 18.5. The molecule has 11 heteroatoms. The molecule has 2 heterocycles. The molecular weight excluding hydrogens is 460 g/mol. The maximum absolute atomic E-state index is 13.0. The number of anilines is 1. The zero-order valence-corrected chi connectivity index (χ0v) is 20.1. The van der Waals surface area contributed by atoms with Crippen molar-refractivity contribution in [3.63, 3.8) is 0 Å². The number of H-pyrrole nitrogens is 1. The van der Waals surface area contributed by atoms with Crippen molar-refractivity contribution in [1.82, 2.24) is 24.0 Å². The number of hydrogen-bond acceptors (Lipinski definition) is 6. The SMILES string of the molecule is Cc1ccc(-c2n[nH]c(=S)n2CC(=O)Nc2cccc(S(=O)(=O)N3CCN(C)CC3)c2)cc1. The van der Waals surface area contributed by atoms with Crippen LogP contribution in [-0.2, 0) is 21.4 Å². The Morgan fingerprint density at radius 1 is 1.12 bits per heavy atom. The van der Waals surface area contributed by atoms with Crippen molar-refractivity contribution in [2.75, 3.05) is 38.5 Å². The Morgan fingerprint density at radius 3 is 2.52 bits per heavy atom. The predicted molar refractivity (Wildman–Crippen MR) is 129 cm³/mol. The number of aromatic nitrogens is 3. The minimum absolute atomic E-state index is 0.0615. The number of benzene rings is 2. The molecule has 0 atom stereocenters. The van der Waals surface area contributed by atoms with E-state index in [2.05, 4.69) is 20.4 Å². The van der Waals surface area contributed by atoms with Crippen LogP contribution in [0.3, 0.4) is 0 Å². The normalized spacial score (nSPS) is 15.5. The second-order valence-electron chi connectivity index (χ2n) is 8.09. The molecule has 9 nitrogen and oxygen atoms in total. The van der Waals surface area contributed by atoms with Crippen LogP contribution < -0.4 is 5.32 Å². The summed E-state index contributed by atoms with van der Waals surface area (Å²) in [6, 6.07) is 14.1. The van der Waals surface area contributed by atoms with E-state index in [0.29, 0.717) is 42.5 Å². The molecule has 0 saturated carbocycles. The van der Waals surface area contributed by atoms with Crippen LogP contribution in [0, 0.1) is 11.7 Å². The molecule has 1 fully saturated rings. The highest BCUT2D eigenvalue weighted by Gasteiger charge is 2.27. The molecule has 1 amide bonds. The van der Waals surface area contributed by atoms with Crippen molar-refractivity contribution in [1.29, 1.82) is 0 Å². The van der Waals surface area contributed by atoms with Gasteiger partial charge >= 0.3 is 0 Å². The molecule has 0 unspecified atom stereocenters. The lowest BCUT2D eigenvalue weighted by atomic mass is 10.1. The monoisotopic (exact) mass is 486 g/mol. The highest BCUT2D eigenvalue weighted by atomic mass is 32.2. The van der Waals surface area contributed by atoms with Gasteiger partial charge in [0.25, 0.3) is 0 Å². The number of rotatable bonds is 6. The van der Waals surface area contributed by atoms with E-state index in [4.69, 9.17) is 12.2 Å². The molecular formula is C22H26N6O3S2. The van der Waals surface area contributed by atoms with Gasteiger partial charge in [-0.1, -0.05) is 35.9 Å². The Labute approximate surface area is 198 Å². The highest BCUT2D eigenvalue weighted by Crippen LogP contribution is 2.22. The number of sulfonamides is 1. The lowest BCUT2D eigenvalue weighted by molar-refractivity contribution is -0.116. The van der Waals surface area contributed by atoms with Crippen LogP contribution in [0.5, 0.6) is 0 Å². The Kier molecular flexibility index (Phi) is 6.75. The highest BCUT2D eigenvalue weighted by molar-refractivity contribution is 7.89. The zero-order chi connectivity index (χ0) is 23.6. The third-order valence-corrected chi connectivity index (χ3v) is 7.79. The third-order valence-electron chi connectivity index (χ3n) is 5.59. The summed E-state index contributed by atoms with van der Waals surface area (Å²) in [7, 11) is -1.66. The van der Waals surface area contributed by atoms with Crippen molar-refractivity contribution in [3.8, 4) is 11.4 Å². The third kappa shape index (κ3) is 5.22. The number of hydrogen-bond donors (Lipinski definition) is 2. The smallest absolute Gasteiger partial charge is 0.244 e. The molecule has 1 aliphatic rings. The second-order valence-corrected chi connectivity index (χ2v) is 10.4. The van der Waals surface area contributed by atoms with Gasteiger partial charge in [0.1, 0.15) is 6.54 Å². The number of amides is 1. The molecule has 3 aromatic rings. The summed E-state index contributed by atoms with van der Waals surface area (Å²) in [5.74, 6) is 0.219. The van der Waals surface area contributed by atoms with Crippen LogP contribution in [0.2, 0.25) is 0 Å². The van der Waals surface area contributed by atoms with Crippen molar-refractivity contribution in [2.24, 2.45) is 0 Å². The number of aromatic amines is 1. The van der Waals surface area contributed by atoms with Crippen molar-refractivity contribution in [3.05, 3.63) is 58.9 Å². The lowest BCUT2D eigenvalue weighted by Crippen LogP contribution is -2.47. The lowest BCUT2D eigenvalue weighted by Gasteiger charge is -2.31. The van der Waals surface area contributed by atoms with Gasteiger partial charge in [0.2, 0.25) is 15.9 Å². The van der Waals surface area contributed by atoms with Gasteiger partial charge in [0.05, 0.1) is 4.90 Å². The van der Waals surface area contributed by atoms with Gasteiger partial charge in [-0.2, -0.15) is 9.40 Å². The summed E-state index contributed by atoms with van der Waals surface area (Å²) >= 11 is 5.31. The predicted octanol–water partition coefficient (Wildman–Crippen LogP) is 2.49. The molecule has 0 spiro atoms. The molecule has 1 saturated heterocycles. The molecule has 2 N–H and O–H groups in total. The molecule has 0 radical (unpaired) electrons. The average molecular weight is 487 g/mol. The van der Waals surface area contributed by atoms with Gasteiger partial charge in [-0.25, -0.2) is 8.42 Å². The number of nitrogens with one attached hydrogen (secondary N) is 2. The van der Waals surface area contributed by atoms with Crippen LogP contribution in [0.1, 0.15) is 5.56 Å². The van der Waals surface area contributed by atoms with E-state index in [1.54, 1.807) is 22.8 Å². The molecule has 1 aromatic heterocycles. The van der Waals surface area contributed by atoms with Crippen molar-refractivity contribution < 1.29 is 13.2 Å². The first-order chi connectivity index (χ1) is 15.7. The van der Waals surface area contributed by atoms with Gasteiger partial charge in [-0.3, -0.25) is 14.5 Å². The van der Waals surface area contributed by atoms with Crippen molar-refractivity contribution >= 4 is 33.8 Å². The summed E-state index contributed by atoms with van der Waals surface area (Å²) in [5, 5.41) is 9.77. The fourth-order valence-electron chi connectivity index (χ4n) is 3.64. The van der Waals surface area contributed by atoms with E-state index >= 15 is 0 Å². The van der Waals surface area contributed by atoms with Gasteiger partial charge < -0.3 is 10.2 Å². The number of likely N-dealkylation sites (N-methyl/N-ethyl adjacent to an activating group) is 1. The number of carbonyl (C=O) groups is 1. The number of aryl methyl sites for hydroxylation is 1. The van der Waals surface area contributed by atoms with Gasteiger partial charge in [0, 0.05) is 37.4 Å². The average Bonchev–Trinajstić information content (AvgIpc) is 3.14. The molecule has 33 heavy (non-hydrogen) atoms. The van der Waals surface area contributed by atoms with Gasteiger partial charge in [-0.05, 0) is 44.4 Å². The van der Waals surface area contributed by atoms with Crippen LogP contribution in [0.25, 0.3) is 11.4 Å². The summed E-state index contributed by atoms with van der Waals surface area (Å²) in [6.45, 7) is 4.18. The molecule has 2 aromatic carbocycles. The van der Waals surface area contributed by atoms with E-state index in [-0.39, 0.29) is 17.3 Å². The summed E-state index contributed by atoms with van der Waals surface area (Å²) in [4.78, 5) is 15.0. The first-order valence-electron chi connectivity index (χ1n) is 10.5. The Balaban J connectivity index is 1.50. The van der Waals surface area contributed by atoms with Crippen LogP contribution in [0.4, 0.5) is 5.69 Å². The molecule has 174 valence electrons. The fourth-order valence-corrected chi connectivity index (χ4v) is 5.31. The van der Waals surface area contributed by atoms with Gasteiger partial charge in [-0.15, -0.1) is 0 Å². The molecule has 1 aliphatic heterocycles. The van der Waals surface area contributed by atoms with Crippen LogP contribution >= 0.6 is 12.2 Å². The topological polar surface area (TPSA) is 103 Å². The van der Waals surface area contributed by atoms with Crippen LogP contribution in [-0.4, -0.2) is 71.5 Å². The van der Waals surface area contributed by atoms with Crippen LogP contribution in [0.15, 0.2) is 53.4 Å². The van der Waals surface area contributed by atoms with E-state index in [1.165, 1.54) is 10.4 Å². The fraction of sp³-hybridized carbons (Fsp3) is 0.318. The molecule has 0 aliphatic carbocycles. The standard InChI is InChI=1S/C22H26N6O3S2/c1-16-6-8-17(9-7-16)21-24-25-22(32)28(21)15-20(29)23-18-4-3-5-19(14-18)33(30,31)27-12-10-26(2)11-13-27/h3-9,14H,10-13,15H2,1-2H3,(H,23,29)(H,25,32). The largest absolute Gasteiger partial charge is 0.324 e. The first-order valence-corrected chi connectivity index (χ1v) is 12.4. The molecule has 0 bridgehead atoms. The number of piperazine rings is 1. The van der Waals surface area contributed by atoms with E-state index < -0.39 is 10.0 Å². The minimum atomic E-state index is -3.63. The van der Waals surface area contributed by atoms with Gasteiger partial charge in [0.15, 0.2) is 10.6 Å². The number of carbonyl (C=O) groups excluding carboxylic acids is 1.